The number of anilines is 2. The lowest BCUT2D eigenvalue weighted by molar-refractivity contribution is -0.381. The van der Waals surface area contributed by atoms with Gasteiger partial charge < -0.3 is 43.8 Å². The summed E-state index contributed by atoms with van der Waals surface area (Å²) in [7, 11) is 0. The van der Waals surface area contributed by atoms with Crippen LogP contribution in [0, 0.1) is 0 Å². The van der Waals surface area contributed by atoms with E-state index < -0.39 is 0 Å². The van der Waals surface area contributed by atoms with E-state index in [9.17, 15) is 0 Å². The number of rotatable bonds is 6. The van der Waals surface area contributed by atoms with Gasteiger partial charge in [-0.05, 0) is 85.4 Å². The van der Waals surface area contributed by atoms with Gasteiger partial charge in [-0.1, -0.05) is 24.3 Å². The summed E-state index contributed by atoms with van der Waals surface area (Å²) < 4.78 is 0. The van der Waals surface area contributed by atoms with Gasteiger partial charge in [0.15, 0.2) is 12.4 Å². The van der Waals surface area contributed by atoms with E-state index in [-0.39, 0.29) is 34.0 Å². The first-order valence-corrected chi connectivity index (χ1v) is 13.8. The number of hydrogen-bond donors (Lipinski definition) is 0. The molecule has 2 fully saturated rings. The third-order valence-corrected chi connectivity index (χ3v) is 7.11. The number of halogens is 2. The first-order chi connectivity index (χ1) is 18.8. The summed E-state index contributed by atoms with van der Waals surface area (Å²) in [6.45, 7) is 4.81. The number of H-pyrrole nitrogens is 2. The monoisotopic (exact) mass is 660 g/mol. The average Bonchev–Trinajstić information content (AvgIpc) is 3.73. The summed E-state index contributed by atoms with van der Waals surface area (Å²) in [5, 5.41) is 0. The zero-order chi connectivity index (χ0) is 25.8. The van der Waals surface area contributed by atoms with Crippen LogP contribution in [0.15, 0.2) is 97.3 Å². The Hall–Kier alpha value is -3.22. The molecule has 2 aliphatic heterocycles. The topological polar surface area (TPSA) is 34.8 Å². The lowest BCUT2D eigenvalue weighted by Crippen LogP contribution is -3.00. The fraction of sp³-hybridized carbons (Fsp3) is 0.235. The number of nitrogens with zero attached hydrogens (tertiary/aromatic N) is 2. The molecule has 2 aromatic carbocycles. The van der Waals surface area contributed by atoms with Gasteiger partial charge in [0, 0.05) is 74.0 Å². The smallest absolute Gasteiger partial charge is 0.203 e. The van der Waals surface area contributed by atoms with Crippen LogP contribution in [0.3, 0.4) is 0 Å². The Morgan fingerprint density at radius 1 is 0.450 bits per heavy atom. The molecule has 0 spiro atoms. The number of aromatic amines is 2. The molecule has 0 amide bonds. The maximum Gasteiger partial charge on any atom is 0.203 e. The Labute approximate surface area is 260 Å². The van der Waals surface area contributed by atoms with Crippen LogP contribution in [0.1, 0.15) is 48.2 Å². The molecular formula is C34H38Br2N4. The number of aromatic nitrogens is 2. The van der Waals surface area contributed by atoms with Crippen molar-refractivity contribution >= 4 is 35.7 Å². The van der Waals surface area contributed by atoms with E-state index in [1.165, 1.54) is 74.4 Å². The van der Waals surface area contributed by atoms with E-state index in [1.54, 1.807) is 0 Å². The second kappa shape index (κ2) is 16.8. The van der Waals surface area contributed by atoms with Gasteiger partial charge in [-0.25, -0.2) is 9.97 Å². The van der Waals surface area contributed by atoms with Crippen LogP contribution >= 0.6 is 0 Å². The molecule has 40 heavy (non-hydrogen) atoms. The molecule has 0 bridgehead atoms. The Morgan fingerprint density at radius 3 is 1.15 bits per heavy atom. The summed E-state index contributed by atoms with van der Waals surface area (Å²) in [6, 6.07) is 29.8. The summed E-state index contributed by atoms with van der Waals surface area (Å²) in [6.07, 6.45) is 17.7. The van der Waals surface area contributed by atoms with E-state index in [1.807, 2.05) is 36.7 Å². The number of hydrogen-bond acceptors (Lipinski definition) is 2. The highest BCUT2D eigenvalue weighted by Crippen LogP contribution is 2.22. The SMILES string of the molecule is C(=C\c1cccc[nH+]1)/c1ccc(N2CCCC2)cc1.C(=C\c1cccc[nH+]1)/c1ccc(N2CCCC2)cc1.[Br-].[Br-]. The first kappa shape index (κ1) is 31.3. The van der Waals surface area contributed by atoms with Gasteiger partial charge in [0.25, 0.3) is 0 Å². The molecule has 208 valence electrons. The first-order valence-electron chi connectivity index (χ1n) is 13.8. The van der Waals surface area contributed by atoms with Crippen molar-refractivity contribution in [2.75, 3.05) is 36.0 Å². The van der Waals surface area contributed by atoms with Crippen molar-refractivity contribution in [1.29, 1.82) is 0 Å². The van der Waals surface area contributed by atoms with Crippen molar-refractivity contribution in [2.24, 2.45) is 0 Å². The summed E-state index contributed by atoms with van der Waals surface area (Å²) in [5.41, 5.74) is 7.40. The largest absolute Gasteiger partial charge is 1.00 e. The third kappa shape index (κ3) is 9.46. The lowest BCUT2D eigenvalue weighted by Gasteiger charge is -2.17. The molecule has 2 aliphatic rings. The Bertz CT molecular complexity index is 1190. The molecule has 4 nitrogen and oxygen atoms in total. The van der Waals surface area contributed by atoms with Gasteiger partial charge in [0.1, 0.15) is 0 Å². The molecule has 2 aromatic heterocycles. The standard InChI is InChI=1S/2C17H18N2.2BrH/c2*1-2-12-18-16(5-1)9-6-15-7-10-17(11-8-15)19-13-3-4-14-19;;/h2*1-2,5-12H,3-4,13-14H2;2*1H/b2*9-6+;;. The van der Waals surface area contributed by atoms with Gasteiger partial charge in [-0.2, -0.15) is 0 Å². The van der Waals surface area contributed by atoms with E-state index in [0.29, 0.717) is 0 Å². The van der Waals surface area contributed by atoms with E-state index in [4.69, 9.17) is 0 Å². The van der Waals surface area contributed by atoms with Crippen molar-refractivity contribution in [1.82, 2.24) is 0 Å². The zero-order valence-electron chi connectivity index (χ0n) is 22.9. The Kier molecular flexibility index (Phi) is 13.1. The molecule has 6 rings (SSSR count). The molecular weight excluding hydrogens is 624 g/mol. The Morgan fingerprint density at radius 2 is 0.825 bits per heavy atom. The normalized spacial score (nSPS) is 14.5. The highest BCUT2D eigenvalue weighted by atomic mass is 79.9. The molecule has 4 heterocycles. The van der Waals surface area contributed by atoms with Crippen molar-refractivity contribution in [3.8, 4) is 0 Å². The van der Waals surface area contributed by atoms with E-state index in [2.05, 4.69) is 105 Å². The highest BCUT2D eigenvalue weighted by Gasteiger charge is 2.12. The average molecular weight is 663 g/mol. The second-order valence-corrected chi connectivity index (χ2v) is 9.87. The van der Waals surface area contributed by atoms with Crippen molar-refractivity contribution in [3.05, 3.63) is 120 Å². The minimum Gasteiger partial charge on any atom is -1.00 e. The second-order valence-electron chi connectivity index (χ2n) is 9.87. The van der Waals surface area contributed by atoms with Crippen molar-refractivity contribution in [2.45, 2.75) is 25.7 Å². The molecule has 2 saturated heterocycles. The summed E-state index contributed by atoms with van der Waals surface area (Å²) in [4.78, 5) is 11.3. The van der Waals surface area contributed by atoms with Crippen LogP contribution in [0.2, 0.25) is 0 Å². The fourth-order valence-electron chi connectivity index (χ4n) is 4.94. The van der Waals surface area contributed by atoms with Crippen molar-refractivity contribution < 1.29 is 43.9 Å². The van der Waals surface area contributed by atoms with Gasteiger partial charge >= 0.3 is 0 Å². The molecule has 6 heteroatoms. The molecule has 0 atom stereocenters. The predicted octanol–water partition coefficient (Wildman–Crippen LogP) is 0.551. The van der Waals surface area contributed by atoms with Crippen LogP contribution in [0.25, 0.3) is 24.3 Å². The third-order valence-electron chi connectivity index (χ3n) is 7.11. The molecule has 4 aromatic rings. The maximum atomic E-state index is 3.20. The summed E-state index contributed by atoms with van der Waals surface area (Å²) >= 11 is 0. The quantitative estimate of drug-likeness (QED) is 0.303. The van der Waals surface area contributed by atoms with Crippen molar-refractivity contribution in [3.63, 3.8) is 0 Å². The minimum absolute atomic E-state index is 0. The molecule has 0 saturated carbocycles. The zero-order valence-corrected chi connectivity index (χ0v) is 26.0. The lowest BCUT2D eigenvalue weighted by atomic mass is 10.1. The number of pyridine rings is 2. The maximum absolute atomic E-state index is 3.20. The van der Waals surface area contributed by atoms with Crippen LogP contribution in [0.4, 0.5) is 11.4 Å². The van der Waals surface area contributed by atoms with Gasteiger partial charge in [0.05, 0.1) is 0 Å². The van der Waals surface area contributed by atoms with Gasteiger partial charge in [-0.15, -0.1) is 0 Å². The molecule has 0 radical (unpaired) electrons. The highest BCUT2D eigenvalue weighted by molar-refractivity contribution is 5.69. The molecule has 0 aliphatic carbocycles. The van der Waals surface area contributed by atoms with Gasteiger partial charge in [0.2, 0.25) is 11.4 Å². The van der Waals surface area contributed by atoms with Crippen LogP contribution < -0.4 is 53.7 Å². The summed E-state index contributed by atoms with van der Waals surface area (Å²) in [5.74, 6) is 0. The fourth-order valence-corrected chi connectivity index (χ4v) is 4.94. The minimum atomic E-state index is 0. The molecule has 0 unspecified atom stereocenters. The van der Waals surface area contributed by atoms with Crippen LogP contribution in [0.5, 0.6) is 0 Å². The predicted molar refractivity (Wildman–Crippen MR) is 160 cm³/mol. The van der Waals surface area contributed by atoms with Gasteiger partial charge in [-0.3, -0.25) is 0 Å². The Balaban J connectivity index is 0.000000210. The van der Waals surface area contributed by atoms with Crippen LogP contribution in [-0.4, -0.2) is 26.2 Å². The number of nitrogens with one attached hydrogen (secondary N) is 2. The van der Waals surface area contributed by atoms with Crippen LogP contribution in [-0.2, 0) is 0 Å². The van der Waals surface area contributed by atoms with E-state index >= 15 is 0 Å². The van der Waals surface area contributed by atoms with E-state index in [0.717, 1.165) is 11.4 Å². The molecule has 2 N–H and O–H groups in total. The number of benzene rings is 2.